The van der Waals surface area contributed by atoms with Crippen LogP contribution in [-0.4, -0.2) is 39.9 Å². The van der Waals surface area contributed by atoms with E-state index in [2.05, 4.69) is 351 Å². The van der Waals surface area contributed by atoms with Gasteiger partial charge in [0.25, 0.3) is 0 Å². The van der Waals surface area contributed by atoms with Crippen LogP contribution in [0.2, 0.25) is 0 Å². The summed E-state index contributed by atoms with van der Waals surface area (Å²) < 4.78 is 0. The van der Waals surface area contributed by atoms with Gasteiger partial charge in [0.1, 0.15) is 0 Å². The van der Waals surface area contributed by atoms with Crippen molar-refractivity contribution in [2.45, 2.75) is 315 Å². The summed E-state index contributed by atoms with van der Waals surface area (Å²) in [5.74, 6) is 3.55. The monoisotopic (exact) mass is 1270 g/mol. The SMILES string of the molecule is CC(C)(C)c1ccc(C(C)(C)C)[nH]1.CC(C)(C)c1ccc(C(C)(C)C)s1.CC(C)(C)c1cccc(C(C)(C)C)n1.CC(C)c1ccc2ccc(C(C)C)nc2n1.CC(C)c1cccc(-c2cccc(C(C)C)n2)n1.CC(C)c1nc(C(C)C)c(C(C)C)nc1C(C)C. The molecule has 0 saturated carbocycles. The third-order valence-corrected chi connectivity index (χ3v) is 17.6. The van der Waals surface area contributed by atoms with Crippen LogP contribution in [0.5, 0.6) is 0 Å². The Morgan fingerprint density at radius 3 is 0.804 bits per heavy atom. The number of nitrogens with zero attached hydrogens (tertiary/aromatic N) is 7. The van der Waals surface area contributed by atoms with Crippen molar-refractivity contribution >= 4 is 22.4 Å². The second kappa shape index (κ2) is 33.4. The zero-order valence-corrected chi connectivity index (χ0v) is 65.3. The first kappa shape index (κ1) is 80.3. The molecule has 0 amide bonds. The summed E-state index contributed by atoms with van der Waals surface area (Å²) in [6.07, 6.45) is 0. The van der Waals surface area contributed by atoms with Crippen LogP contribution in [-0.2, 0) is 32.5 Å². The van der Waals surface area contributed by atoms with Crippen molar-refractivity contribution < 1.29 is 0 Å². The molecule has 0 radical (unpaired) electrons. The van der Waals surface area contributed by atoms with Gasteiger partial charge in [-0.1, -0.05) is 254 Å². The number of pyridine rings is 5. The third-order valence-electron chi connectivity index (χ3n) is 15.6. The molecule has 0 aliphatic heterocycles. The molecule has 8 aromatic heterocycles. The Hall–Kier alpha value is -5.93. The number of rotatable bonds is 9. The summed E-state index contributed by atoms with van der Waals surface area (Å²) in [6.45, 7) is 75.0. The Morgan fingerprint density at radius 2 is 0.565 bits per heavy atom. The summed E-state index contributed by atoms with van der Waals surface area (Å²) in [5, 5.41) is 1.12. The van der Waals surface area contributed by atoms with Gasteiger partial charge in [-0.2, -0.15) is 0 Å². The van der Waals surface area contributed by atoms with Gasteiger partial charge < -0.3 is 4.98 Å². The first-order valence-corrected chi connectivity index (χ1v) is 35.3. The van der Waals surface area contributed by atoms with Crippen LogP contribution >= 0.6 is 11.3 Å². The molecule has 0 atom stereocenters. The molecule has 9 heteroatoms. The normalized spacial score (nSPS) is 12.4. The molecule has 92 heavy (non-hydrogen) atoms. The van der Waals surface area contributed by atoms with Gasteiger partial charge in [0.05, 0.1) is 34.2 Å². The number of H-pyrrole nitrogens is 1. The van der Waals surface area contributed by atoms with Crippen molar-refractivity contribution in [3.8, 4) is 11.4 Å². The van der Waals surface area contributed by atoms with Crippen molar-refractivity contribution in [1.82, 2.24) is 39.9 Å². The predicted molar refractivity (Wildman–Crippen MR) is 403 cm³/mol. The van der Waals surface area contributed by atoms with Gasteiger partial charge in [0.2, 0.25) is 0 Å². The number of thiophene rings is 1. The highest BCUT2D eigenvalue weighted by molar-refractivity contribution is 7.12. The molecule has 0 unspecified atom stereocenters. The summed E-state index contributed by atoms with van der Waals surface area (Å²) in [7, 11) is 0. The topological polar surface area (TPSA) is 106 Å². The summed E-state index contributed by atoms with van der Waals surface area (Å²) in [4.78, 5) is 39.7. The molecule has 0 fully saturated rings. The molecule has 8 heterocycles. The number of fused-ring (bicyclic) bond motifs is 1. The minimum absolute atomic E-state index is 0.140. The molecule has 0 saturated heterocycles. The molecular formula is C83H128N8S. The molecule has 0 spiro atoms. The summed E-state index contributed by atoms with van der Waals surface area (Å²) in [6, 6.07) is 35.9. The maximum atomic E-state index is 4.95. The zero-order valence-electron chi connectivity index (χ0n) is 64.5. The smallest absolute Gasteiger partial charge is 0.159 e. The van der Waals surface area contributed by atoms with Crippen LogP contribution in [0, 0.1) is 0 Å². The lowest BCUT2D eigenvalue weighted by Gasteiger charge is -2.23. The van der Waals surface area contributed by atoms with Gasteiger partial charge in [-0.3, -0.25) is 24.9 Å². The largest absolute Gasteiger partial charge is 0.361 e. The van der Waals surface area contributed by atoms with Gasteiger partial charge in [0, 0.05) is 82.4 Å². The van der Waals surface area contributed by atoms with E-state index in [-0.39, 0.29) is 21.7 Å². The zero-order chi connectivity index (χ0) is 70.4. The highest BCUT2D eigenvalue weighted by Gasteiger charge is 2.25. The summed E-state index contributed by atoms with van der Waals surface area (Å²) in [5.41, 5.74) is 18.3. The maximum Gasteiger partial charge on any atom is 0.159 e. The van der Waals surface area contributed by atoms with Crippen LogP contribution < -0.4 is 0 Å². The predicted octanol–water partition coefficient (Wildman–Crippen LogP) is 24.9. The fourth-order valence-electron chi connectivity index (χ4n) is 9.37. The molecular weight excluding hydrogens is 1140 g/mol. The molecule has 8 aromatic rings. The highest BCUT2D eigenvalue weighted by atomic mass is 32.1. The lowest BCUT2D eigenvalue weighted by molar-refractivity contribution is 0.531. The lowest BCUT2D eigenvalue weighted by atomic mass is 9.88. The average molecular weight is 1270 g/mol. The van der Waals surface area contributed by atoms with Gasteiger partial charge in [-0.25, -0.2) is 9.97 Å². The van der Waals surface area contributed by atoms with E-state index in [9.17, 15) is 0 Å². The first-order valence-electron chi connectivity index (χ1n) is 34.5. The fraction of sp³-hybridized carbons (Fsp3) is 0.578. The van der Waals surface area contributed by atoms with Crippen LogP contribution in [0.4, 0.5) is 0 Å². The Labute approximate surface area is 566 Å². The van der Waals surface area contributed by atoms with Crippen molar-refractivity contribution in [1.29, 1.82) is 0 Å². The average Bonchev–Trinajstić information content (AvgIpc) is 1.11. The second-order valence-corrected chi connectivity index (χ2v) is 34.9. The Kier molecular flexibility index (Phi) is 29.2. The van der Waals surface area contributed by atoms with Gasteiger partial charge >= 0.3 is 0 Å². The number of nitrogens with one attached hydrogen (secondary N) is 1. The van der Waals surface area contributed by atoms with Crippen LogP contribution in [0.1, 0.15) is 361 Å². The van der Waals surface area contributed by atoms with E-state index in [1.54, 1.807) is 0 Å². The number of aromatic amines is 1. The van der Waals surface area contributed by atoms with Gasteiger partial charge in [-0.05, 0) is 143 Å². The molecule has 8 rings (SSSR count). The van der Waals surface area contributed by atoms with E-state index in [1.807, 2.05) is 23.5 Å². The first-order chi connectivity index (χ1) is 42.0. The Bertz CT molecular complexity index is 3190. The highest BCUT2D eigenvalue weighted by Crippen LogP contribution is 2.36. The van der Waals surface area contributed by atoms with Gasteiger partial charge in [0.15, 0.2) is 5.65 Å². The molecule has 0 aromatic carbocycles. The molecule has 0 aliphatic carbocycles. The minimum Gasteiger partial charge on any atom is -0.361 e. The molecule has 8 nitrogen and oxygen atoms in total. The molecule has 0 aliphatic rings. The van der Waals surface area contributed by atoms with Crippen molar-refractivity contribution in [3.05, 3.63) is 181 Å². The van der Waals surface area contributed by atoms with E-state index in [0.29, 0.717) is 58.2 Å². The van der Waals surface area contributed by atoms with Crippen LogP contribution in [0.15, 0.2) is 103 Å². The van der Waals surface area contributed by atoms with E-state index in [0.717, 1.165) is 45.2 Å². The van der Waals surface area contributed by atoms with Crippen molar-refractivity contribution in [2.24, 2.45) is 0 Å². The van der Waals surface area contributed by atoms with E-state index < -0.39 is 0 Å². The standard InChI is InChI=1S/C16H20N2.C16H28N2.C14H18N2.C13H21N.C12H21N.C12H20S/c1-11(2)13-7-5-9-15(17-13)16-10-6-8-14(18-16)12(3)4;1-9(2)13-14(10(3)4)18-16(12(7)8)15(17-13)11(5)6;1-9(2)12-7-5-11-6-8-13(10(3)4)16-14(11)15-12;1-12(2,3)10-8-7-9-11(14-10)13(4,5)6;2*1-11(2,3)9-7-8-10(13-9)12(4,5)6/h5-12H,1-4H3;9-12H,1-8H3;5-10H,1-4H3;7-9H,1-6H3;7-8,13H,1-6H3;7-8H,1-6H3. The Morgan fingerprint density at radius 1 is 0.272 bits per heavy atom. The van der Waals surface area contributed by atoms with Crippen LogP contribution in [0.3, 0.4) is 0 Å². The minimum atomic E-state index is 0.140. The second-order valence-electron chi connectivity index (χ2n) is 33.8. The Balaban J connectivity index is 0.000000290. The van der Waals surface area contributed by atoms with E-state index in [1.165, 1.54) is 55.3 Å². The van der Waals surface area contributed by atoms with Crippen LogP contribution in [0.25, 0.3) is 22.4 Å². The molecule has 0 bridgehead atoms. The van der Waals surface area contributed by atoms with Crippen molar-refractivity contribution in [3.63, 3.8) is 0 Å². The number of hydrogen-bond acceptors (Lipinski definition) is 8. The molecule has 506 valence electrons. The maximum absolute atomic E-state index is 4.95. The van der Waals surface area contributed by atoms with Crippen molar-refractivity contribution in [2.75, 3.05) is 0 Å². The summed E-state index contributed by atoms with van der Waals surface area (Å²) >= 11 is 1.95. The fourth-order valence-corrected chi connectivity index (χ4v) is 10.5. The lowest BCUT2D eigenvalue weighted by Crippen LogP contribution is -2.19. The quantitative estimate of drug-likeness (QED) is 0.153. The number of hydrogen-bond donors (Lipinski definition) is 1. The third kappa shape index (κ3) is 25.1. The number of aromatic nitrogens is 8. The van der Waals surface area contributed by atoms with Gasteiger partial charge in [-0.15, -0.1) is 11.3 Å². The van der Waals surface area contributed by atoms with E-state index in [4.69, 9.17) is 15.0 Å². The molecule has 1 N–H and O–H groups in total. The van der Waals surface area contributed by atoms with E-state index >= 15 is 0 Å².